The first-order valence-electron chi connectivity index (χ1n) is 11.5. The fourth-order valence-corrected chi connectivity index (χ4v) is 6.81. The smallest absolute Gasteiger partial charge is 0.377 e. The van der Waals surface area contributed by atoms with Crippen molar-refractivity contribution in [3.63, 3.8) is 0 Å². The maximum atomic E-state index is 5.48. The number of unbranched alkanes of at least 4 members (excludes halogenated alkanes) is 7. The second kappa shape index (κ2) is 14.7. The molecular formula is C24H50O3Si2. The Balaban J connectivity index is 4.01. The quantitative estimate of drug-likeness (QED) is 0.138. The van der Waals surface area contributed by atoms with Crippen LogP contribution in [0.25, 0.3) is 0 Å². The normalized spacial score (nSPS) is 14.7. The van der Waals surface area contributed by atoms with Gasteiger partial charge in [0.1, 0.15) is 0 Å². The highest BCUT2D eigenvalue weighted by Crippen LogP contribution is 2.26. The van der Waals surface area contributed by atoms with Crippen molar-refractivity contribution >= 4 is 16.9 Å². The van der Waals surface area contributed by atoms with Crippen LogP contribution in [0, 0.1) is 0 Å². The summed E-state index contributed by atoms with van der Waals surface area (Å²) in [5, 5.41) is 1.65. The number of rotatable bonds is 16. The Kier molecular flexibility index (Phi) is 14.6. The molecule has 0 aromatic carbocycles. The molecule has 0 atom stereocenters. The Labute approximate surface area is 184 Å². The molecule has 0 saturated heterocycles. The van der Waals surface area contributed by atoms with Crippen molar-refractivity contribution in [3.05, 3.63) is 21.9 Å². The predicted molar refractivity (Wildman–Crippen MR) is 133 cm³/mol. The van der Waals surface area contributed by atoms with E-state index in [-0.39, 0.29) is 0 Å². The van der Waals surface area contributed by atoms with Crippen molar-refractivity contribution < 1.29 is 13.3 Å². The highest BCUT2D eigenvalue weighted by atomic mass is 28.4. The Morgan fingerprint density at radius 1 is 0.586 bits per heavy atom. The number of hydrogen-bond acceptors (Lipinski definition) is 3. The Hall–Kier alpha value is -0.206. The van der Waals surface area contributed by atoms with E-state index in [4.69, 9.17) is 13.3 Å². The maximum Gasteiger partial charge on any atom is 0.500 e. The van der Waals surface area contributed by atoms with Crippen molar-refractivity contribution in [2.45, 2.75) is 111 Å². The van der Waals surface area contributed by atoms with E-state index in [0.29, 0.717) is 0 Å². The fourth-order valence-electron chi connectivity index (χ4n) is 3.70. The van der Waals surface area contributed by atoms with Gasteiger partial charge in [0.15, 0.2) is 0 Å². The minimum Gasteiger partial charge on any atom is -0.377 e. The van der Waals surface area contributed by atoms with E-state index in [1.54, 1.807) is 37.7 Å². The zero-order valence-corrected chi connectivity index (χ0v) is 23.3. The van der Waals surface area contributed by atoms with Gasteiger partial charge in [-0.15, -0.1) is 0 Å². The SMILES string of the molecule is CO[Si](CCCCCCCCCC/C(C)=C(C)/C(C)=C(\C)[Si](C)(C)C)(OC)OC. The van der Waals surface area contributed by atoms with E-state index in [2.05, 4.69) is 47.3 Å². The minimum atomic E-state index is -2.36. The van der Waals surface area contributed by atoms with E-state index in [9.17, 15) is 0 Å². The topological polar surface area (TPSA) is 27.7 Å². The summed E-state index contributed by atoms with van der Waals surface area (Å²) in [5.41, 5.74) is 4.67. The van der Waals surface area contributed by atoms with Crippen LogP contribution in [0.4, 0.5) is 0 Å². The summed E-state index contributed by atoms with van der Waals surface area (Å²) in [6, 6.07) is 0.923. The first kappa shape index (κ1) is 28.8. The molecule has 0 saturated carbocycles. The zero-order valence-electron chi connectivity index (χ0n) is 21.3. The van der Waals surface area contributed by atoms with Crippen LogP contribution in [0.1, 0.15) is 85.5 Å². The molecule has 3 nitrogen and oxygen atoms in total. The summed E-state index contributed by atoms with van der Waals surface area (Å²) in [6.45, 7) is 16.7. The van der Waals surface area contributed by atoms with Gasteiger partial charge in [0.25, 0.3) is 0 Å². The van der Waals surface area contributed by atoms with Gasteiger partial charge >= 0.3 is 8.80 Å². The van der Waals surface area contributed by atoms with Gasteiger partial charge in [-0.25, -0.2) is 0 Å². The molecule has 0 aliphatic rings. The zero-order chi connectivity index (χ0) is 22.5. The van der Waals surface area contributed by atoms with Gasteiger partial charge in [0.2, 0.25) is 0 Å². The molecule has 5 heteroatoms. The first-order chi connectivity index (χ1) is 13.5. The number of hydrogen-bond donors (Lipinski definition) is 0. The molecule has 0 aliphatic carbocycles. The van der Waals surface area contributed by atoms with Crippen LogP contribution in [0.15, 0.2) is 21.9 Å². The van der Waals surface area contributed by atoms with Gasteiger partial charge in [-0.2, -0.15) is 0 Å². The molecule has 0 unspecified atom stereocenters. The molecular weight excluding hydrogens is 392 g/mol. The van der Waals surface area contributed by atoms with Crippen LogP contribution in [0.3, 0.4) is 0 Å². The molecule has 0 amide bonds. The molecule has 0 aromatic heterocycles. The van der Waals surface area contributed by atoms with Gasteiger partial charge in [-0.3, -0.25) is 0 Å². The van der Waals surface area contributed by atoms with Crippen LogP contribution in [-0.2, 0) is 13.3 Å². The molecule has 0 aliphatic heterocycles. The molecule has 0 rings (SSSR count). The third kappa shape index (κ3) is 11.1. The maximum absolute atomic E-state index is 5.48. The van der Waals surface area contributed by atoms with Crippen LogP contribution >= 0.6 is 0 Å². The van der Waals surface area contributed by atoms with Crippen LogP contribution < -0.4 is 0 Å². The van der Waals surface area contributed by atoms with Crippen LogP contribution in [0.5, 0.6) is 0 Å². The molecule has 29 heavy (non-hydrogen) atoms. The van der Waals surface area contributed by atoms with Crippen molar-refractivity contribution in [3.8, 4) is 0 Å². The van der Waals surface area contributed by atoms with E-state index in [1.807, 2.05) is 0 Å². The van der Waals surface area contributed by atoms with Crippen molar-refractivity contribution in [1.82, 2.24) is 0 Å². The first-order valence-corrected chi connectivity index (χ1v) is 17.0. The van der Waals surface area contributed by atoms with Gasteiger partial charge in [-0.1, -0.05) is 74.5 Å². The summed E-state index contributed by atoms with van der Waals surface area (Å²) in [6.07, 6.45) is 11.7. The molecule has 0 fully saturated rings. The molecule has 0 heterocycles. The Bertz CT molecular complexity index is 506. The van der Waals surface area contributed by atoms with Crippen molar-refractivity contribution in [1.29, 1.82) is 0 Å². The highest BCUT2D eigenvalue weighted by molar-refractivity contribution is 6.83. The fraction of sp³-hybridized carbons (Fsp3) is 0.833. The van der Waals surface area contributed by atoms with E-state index in [1.165, 1.54) is 56.9 Å². The average molecular weight is 443 g/mol. The molecule has 172 valence electrons. The van der Waals surface area contributed by atoms with Gasteiger partial charge in [0.05, 0.1) is 8.07 Å². The van der Waals surface area contributed by atoms with E-state index in [0.717, 1.165) is 12.5 Å². The minimum absolute atomic E-state index is 0.923. The molecule has 0 radical (unpaired) electrons. The lowest BCUT2D eigenvalue weighted by atomic mass is 9.98. The third-order valence-corrected chi connectivity index (χ3v) is 12.1. The second-order valence-electron chi connectivity index (χ2n) is 9.53. The highest BCUT2D eigenvalue weighted by Gasteiger charge is 2.36. The van der Waals surface area contributed by atoms with E-state index >= 15 is 0 Å². The lowest BCUT2D eigenvalue weighted by Gasteiger charge is -2.24. The Morgan fingerprint density at radius 3 is 1.41 bits per heavy atom. The van der Waals surface area contributed by atoms with Gasteiger partial charge in [-0.05, 0) is 52.5 Å². The average Bonchev–Trinajstić information content (AvgIpc) is 2.70. The molecule has 0 aromatic rings. The summed E-state index contributed by atoms with van der Waals surface area (Å²) >= 11 is 0. The summed E-state index contributed by atoms with van der Waals surface area (Å²) < 4.78 is 16.4. The number of allylic oxidation sites excluding steroid dienone is 4. The molecule has 0 N–H and O–H groups in total. The van der Waals surface area contributed by atoms with E-state index < -0.39 is 16.9 Å². The standard InChI is InChI=1S/C24H50O3Si2/c1-21(22(2)23(3)24(4)28(8,9)10)19-17-15-13-11-12-14-16-18-20-29(25-5,26-6)27-7/h11-20H2,1-10H3/b22-21+,24-23+. The largest absolute Gasteiger partial charge is 0.500 e. The monoisotopic (exact) mass is 442 g/mol. The summed E-state index contributed by atoms with van der Waals surface area (Å²) in [4.78, 5) is 0. The second-order valence-corrected chi connectivity index (χ2v) is 17.9. The molecule has 0 bridgehead atoms. The summed E-state index contributed by atoms with van der Waals surface area (Å²) in [7, 11) is 1.55. The van der Waals surface area contributed by atoms with Gasteiger partial charge < -0.3 is 13.3 Å². The third-order valence-electron chi connectivity index (χ3n) is 6.61. The lowest BCUT2D eigenvalue weighted by molar-refractivity contribution is 0.122. The van der Waals surface area contributed by atoms with Crippen LogP contribution in [0.2, 0.25) is 25.7 Å². The Morgan fingerprint density at radius 2 is 1.00 bits per heavy atom. The van der Waals surface area contributed by atoms with Crippen LogP contribution in [-0.4, -0.2) is 38.2 Å². The predicted octanol–water partition coefficient (Wildman–Crippen LogP) is 7.93. The van der Waals surface area contributed by atoms with Gasteiger partial charge in [0, 0.05) is 27.4 Å². The molecule has 0 spiro atoms. The van der Waals surface area contributed by atoms with Crippen molar-refractivity contribution in [2.24, 2.45) is 0 Å². The van der Waals surface area contributed by atoms with Crippen molar-refractivity contribution in [2.75, 3.05) is 21.3 Å². The lowest BCUT2D eigenvalue weighted by Crippen LogP contribution is -2.42. The summed E-state index contributed by atoms with van der Waals surface area (Å²) in [5.74, 6) is 0.